The molecule has 0 aromatic heterocycles. The van der Waals surface area contributed by atoms with Crippen LogP contribution in [0.3, 0.4) is 0 Å². The molecule has 0 aliphatic heterocycles. The molecule has 0 radical (unpaired) electrons. The Hall–Kier alpha value is -0.480. The third-order valence-corrected chi connectivity index (χ3v) is 1.48. The first-order valence-corrected chi connectivity index (χ1v) is 5.94. The Bertz CT molecular complexity index is 347. The largest absolute Gasteiger partial charge is 1.00 e. The molecule has 1 atom stereocenters. The molecule has 10 nitrogen and oxygen atoms in total. The first-order chi connectivity index (χ1) is 7.93. The molecule has 0 bridgehead atoms. The Labute approximate surface area is 131 Å². The second-order valence-corrected chi connectivity index (χ2v) is 4.11. The van der Waals surface area contributed by atoms with E-state index in [0.29, 0.717) is 0 Å². The molecule has 0 heterocycles. The molecule has 0 saturated heterocycles. The van der Waals surface area contributed by atoms with Crippen LogP contribution >= 0.6 is 7.82 Å². The fraction of sp³-hybridized carbons (Fsp3) is 0.571. The first kappa shape index (κ1) is 23.6. The van der Waals surface area contributed by atoms with Crippen LogP contribution in [0.15, 0.2) is 0 Å². The van der Waals surface area contributed by atoms with E-state index in [9.17, 15) is 14.4 Å². The van der Waals surface area contributed by atoms with E-state index in [1.807, 2.05) is 0 Å². The van der Waals surface area contributed by atoms with Gasteiger partial charge in [-0.3, -0.25) is 14.4 Å². The summed E-state index contributed by atoms with van der Waals surface area (Å²) < 4.78 is 8.88. The van der Waals surface area contributed by atoms with Gasteiger partial charge in [-0.15, -0.1) is 0 Å². The first-order valence-electron chi connectivity index (χ1n) is 4.38. The average Bonchev–Trinajstić information content (AvgIpc) is 2.07. The van der Waals surface area contributed by atoms with Crippen molar-refractivity contribution in [2.45, 2.75) is 19.3 Å². The number of carbonyl (C=O) groups is 3. The number of aliphatic carboxylic acids is 3. The quantitative estimate of drug-likeness (QED) is 0.209. The van der Waals surface area contributed by atoms with Crippen molar-refractivity contribution in [1.82, 2.24) is 0 Å². The van der Waals surface area contributed by atoms with Gasteiger partial charge in [-0.25, -0.2) is 4.57 Å². The third kappa shape index (κ3) is 26.9. The van der Waals surface area contributed by atoms with Crippen LogP contribution in [0.4, 0.5) is 0 Å². The van der Waals surface area contributed by atoms with Crippen molar-refractivity contribution in [3.05, 3.63) is 0 Å². The monoisotopic (exact) mass is 312 g/mol. The van der Waals surface area contributed by atoms with Crippen molar-refractivity contribution < 1.29 is 79.9 Å². The molecule has 0 aromatic carbocycles. The van der Waals surface area contributed by atoms with Gasteiger partial charge in [0.2, 0.25) is 0 Å². The second kappa shape index (κ2) is 11.4. The number of hydrogen-bond donors (Lipinski definition) is 6. The van der Waals surface area contributed by atoms with E-state index in [1.165, 1.54) is 0 Å². The summed E-state index contributed by atoms with van der Waals surface area (Å²) in [5.41, 5.74) is 0. The van der Waals surface area contributed by atoms with Gasteiger partial charge >= 0.3 is 55.3 Å². The maximum atomic E-state index is 10.4. The van der Waals surface area contributed by atoms with Crippen LogP contribution < -0.4 is 29.6 Å². The standard InChI is InChI=1S/C7H10O6.Na.H3O4P.H/c8-5(9)2-1-4(7(12)13)3-6(10)11;;1-5(2,3)4;/h4H,1-3H2,(H,8,9)(H,10,11)(H,12,13);;(H3,1,2,3,4);/q;+1;;-1. The molecule has 0 aliphatic rings. The Morgan fingerprint density at radius 1 is 1.00 bits per heavy atom. The molecule has 0 spiro atoms. The van der Waals surface area contributed by atoms with Crippen molar-refractivity contribution in [1.29, 1.82) is 0 Å². The maximum absolute atomic E-state index is 10.4. The van der Waals surface area contributed by atoms with Crippen LogP contribution in [-0.2, 0) is 18.9 Å². The number of rotatable bonds is 6. The number of hydrogen-bond acceptors (Lipinski definition) is 4. The smallest absolute Gasteiger partial charge is 1.00 e. The normalized spacial score (nSPS) is 11.3. The van der Waals surface area contributed by atoms with Gasteiger partial charge < -0.3 is 31.4 Å². The molecule has 0 amide bonds. The van der Waals surface area contributed by atoms with Gasteiger partial charge in [0.1, 0.15) is 0 Å². The Kier molecular flexibility index (Phi) is 14.1. The van der Waals surface area contributed by atoms with E-state index >= 15 is 0 Å². The van der Waals surface area contributed by atoms with E-state index < -0.39 is 38.1 Å². The molecule has 0 rings (SSSR count). The van der Waals surface area contributed by atoms with Crippen molar-refractivity contribution in [2.75, 3.05) is 0 Å². The fourth-order valence-corrected chi connectivity index (χ4v) is 0.821. The average molecular weight is 312 g/mol. The zero-order chi connectivity index (χ0) is 14.9. The van der Waals surface area contributed by atoms with Crippen LogP contribution in [-0.4, -0.2) is 47.9 Å². The minimum absolute atomic E-state index is 0. The van der Waals surface area contributed by atoms with Crippen LogP contribution in [0.5, 0.6) is 0 Å². The second-order valence-electron chi connectivity index (χ2n) is 3.08. The van der Waals surface area contributed by atoms with Crippen LogP contribution in [0.2, 0.25) is 0 Å². The van der Waals surface area contributed by atoms with Crippen LogP contribution in [0, 0.1) is 5.92 Å². The van der Waals surface area contributed by atoms with E-state index in [1.54, 1.807) is 0 Å². The molecule has 0 fully saturated rings. The zero-order valence-corrected chi connectivity index (χ0v) is 12.9. The van der Waals surface area contributed by atoms with Gasteiger partial charge in [-0.2, -0.15) is 0 Å². The van der Waals surface area contributed by atoms with E-state index in [2.05, 4.69) is 0 Å². The summed E-state index contributed by atoms with van der Waals surface area (Å²) in [4.78, 5) is 52.2. The van der Waals surface area contributed by atoms with Crippen molar-refractivity contribution in [2.24, 2.45) is 5.92 Å². The predicted octanol–water partition coefficient (Wildman–Crippen LogP) is -3.79. The minimum atomic E-state index is -4.64. The van der Waals surface area contributed by atoms with E-state index in [0.717, 1.165) is 0 Å². The molecule has 6 N–H and O–H groups in total. The number of carboxylic acid groups (broad SMARTS) is 3. The molecular weight excluding hydrogens is 298 g/mol. The summed E-state index contributed by atoms with van der Waals surface area (Å²) >= 11 is 0. The minimum Gasteiger partial charge on any atom is -1.00 e. The van der Waals surface area contributed by atoms with E-state index in [4.69, 9.17) is 34.6 Å². The summed E-state index contributed by atoms with van der Waals surface area (Å²) in [5, 5.41) is 25.0. The number of carboxylic acids is 3. The van der Waals surface area contributed by atoms with Gasteiger partial charge in [0.05, 0.1) is 12.3 Å². The topological polar surface area (TPSA) is 190 Å². The number of phosphoric acid groups is 1. The van der Waals surface area contributed by atoms with Gasteiger partial charge in [-0.05, 0) is 6.42 Å². The van der Waals surface area contributed by atoms with Gasteiger partial charge in [0.15, 0.2) is 0 Å². The third-order valence-electron chi connectivity index (χ3n) is 1.48. The summed E-state index contributed by atoms with van der Waals surface area (Å²) in [5.74, 6) is -4.76. The Morgan fingerprint density at radius 3 is 1.58 bits per heavy atom. The Morgan fingerprint density at radius 2 is 1.37 bits per heavy atom. The van der Waals surface area contributed by atoms with Gasteiger partial charge in [0, 0.05) is 6.42 Å². The van der Waals surface area contributed by atoms with Gasteiger partial charge in [0.25, 0.3) is 0 Å². The SMILES string of the molecule is O=C(O)CCC(CC(=O)O)C(=O)O.O=P(O)(O)O.[H-].[Na+]. The molecule has 108 valence electrons. The summed E-state index contributed by atoms with van der Waals surface area (Å²) in [6, 6.07) is 0. The molecule has 19 heavy (non-hydrogen) atoms. The fourth-order valence-electron chi connectivity index (χ4n) is 0.821. The zero-order valence-electron chi connectivity index (χ0n) is 11.0. The Balaban J connectivity index is -0.000000158. The summed E-state index contributed by atoms with van der Waals surface area (Å²) in [6.07, 6.45) is -1.02. The van der Waals surface area contributed by atoms with Crippen LogP contribution in [0.25, 0.3) is 0 Å². The predicted molar refractivity (Wildman–Crippen MR) is 55.6 cm³/mol. The van der Waals surface area contributed by atoms with E-state index in [-0.39, 0.29) is 43.8 Å². The molecule has 0 aliphatic carbocycles. The van der Waals surface area contributed by atoms with Crippen molar-refractivity contribution >= 4 is 25.7 Å². The molecule has 0 aromatic rings. The van der Waals surface area contributed by atoms with Crippen LogP contribution in [0.1, 0.15) is 20.7 Å². The summed E-state index contributed by atoms with van der Waals surface area (Å²) in [6.45, 7) is 0. The molecule has 0 saturated carbocycles. The summed E-state index contributed by atoms with van der Waals surface area (Å²) in [7, 11) is -4.64. The molecule has 12 heteroatoms. The van der Waals surface area contributed by atoms with Gasteiger partial charge in [-0.1, -0.05) is 0 Å². The van der Waals surface area contributed by atoms with Crippen molar-refractivity contribution in [3.8, 4) is 0 Å². The maximum Gasteiger partial charge on any atom is 1.00 e. The molecule has 1 unspecified atom stereocenters. The molecular formula is C7H14NaO10P. The van der Waals surface area contributed by atoms with Crippen molar-refractivity contribution in [3.63, 3.8) is 0 Å².